The first-order valence-corrected chi connectivity index (χ1v) is 6.51. The van der Waals surface area contributed by atoms with Crippen molar-refractivity contribution in [2.75, 3.05) is 34.2 Å². The van der Waals surface area contributed by atoms with Crippen LogP contribution in [0.3, 0.4) is 0 Å². The third-order valence-corrected chi connectivity index (χ3v) is 2.76. The van der Waals surface area contributed by atoms with Gasteiger partial charge >= 0.3 is 6.03 Å². The lowest BCUT2D eigenvalue weighted by Crippen LogP contribution is -2.38. The van der Waals surface area contributed by atoms with Crippen LogP contribution in [-0.2, 0) is 6.54 Å². The molecule has 6 nitrogen and oxygen atoms in total. The molecule has 0 spiro atoms. The van der Waals surface area contributed by atoms with Gasteiger partial charge in [0.15, 0.2) is 0 Å². The van der Waals surface area contributed by atoms with Gasteiger partial charge in [-0.2, -0.15) is 0 Å². The number of carbonyl (C=O) groups excluding carboxylic acids is 2. The number of hydrogen-bond acceptors (Lipinski definition) is 3. The second-order valence-electron chi connectivity index (χ2n) is 4.58. The van der Waals surface area contributed by atoms with Gasteiger partial charge in [-0.15, -0.1) is 0 Å². The van der Waals surface area contributed by atoms with Gasteiger partial charge in [0.1, 0.15) is 0 Å². The first-order chi connectivity index (χ1) is 9.54. The van der Waals surface area contributed by atoms with Crippen molar-refractivity contribution in [3.05, 3.63) is 35.4 Å². The molecule has 0 bridgehead atoms. The van der Waals surface area contributed by atoms with Crippen molar-refractivity contribution in [3.8, 4) is 0 Å². The summed E-state index contributed by atoms with van der Waals surface area (Å²) in [6, 6.07) is 7.32. The molecule has 0 fully saturated rings. The van der Waals surface area contributed by atoms with Crippen LogP contribution in [0, 0.1) is 0 Å². The molecule has 0 heterocycles. The Morgan fingerprint density at radius 2 is 1.75 bits per heavy atom. The Bertz CT molecular complexity index is 443. The van der Waals surface area contributed by atoms with Gasteiger partial charge in [0.05, 0.1) is 0 Å². The molecule has 110 valence electrons. The molecule has 0 aliphatic heterocycles. The highest BCUT2D eigenvalue weighted by Gasteiger charge is 2.02. The van der Waals surface area contributed by atoms with Crippen LogP contribution in [0.1, 0.15) is 15.9 Å². The predicted molar refractivity (Wildman–Crippen MR) is 78.6 cm³/mol. The molecule has 3 N–H and O–H groups in total. The number of rotatable bonds is 6. The Balaban J connectivity index is 2.26. The lowest BCUT2D eigenvalue weighted by atomic mass is 10.1. The summed E-state index contributed by atoms with van der Waals surface area (Å²) in [7, 11) is 5.02. The topological polar surface area (TPSA) is 73.5 Å². The minimum absolute atomic E-state index is 0.0871. The van der Waals surface area contributed by atoms with E-state index in [0.29, 0.717) is 25.2 Å². The fourth-order valence-electron chi connectivity index (χ4n) is 1.57. The van der Waals surface area contributed by atoms with E-state index in [-0.39, 0.29) is 11.9 Å². The van der Waals surface area contributed by atoms with E-state index >= 15 is 0 Å². The van der Waals surface area contributed by atoms with Crippen LogP contribution in [0.4, 0.5) is 4.79 Å². The lowest BCUT2D eigenvalue weighted by molar-refractivity contribution is 0.0963. The molecule has 6 heteroatoms. The third kappa shape index (κ3) is 5.27. The van der Waals surface area contributed by atoms with E-state index in [2.05, 4.69) is 16.0 Å². The standard InChI is InChI=1S/C14H22N4O2/c1-15-13(19)12-6-4-11(5-7-12)10-16-8-9-17-14(20)18(2)3/h4-7,16H,8-10H2,1-3H3,(H,15,19)(H,17,20). The maximum absolute atomic E-state index is 11.4. The van der Waals surface area contributed by atoms with E-state index in [0.717, 1.165) is 5.56 Å². The highest BCUT2D eigenvalue weighted by atomic mass is 16.2. The zero-order valence-electron chi connectivity index (χ0n) is 12.2. The van der Waals surface area contributed by atoms with Crippen molar-refractivity contribution in [3.63, 3.8) is 0 Å². The number of amides is 3. The van der Waals surface area contributed by atoms with Crippen LogP contribution in [0.5, 0.6) is 0 Å². The van der Waals surface area contributed by atoms with Crippen molar-refractivity contribution < 1.29 is 9.59 Å². The Kier molecular flexibility index (Phi) is 6.52. The molecule has 20 heavy (non-hydrogen) atoms. The van der Waals surface area contributed by atoms with E-state index < -0.39 is 0 Å². The molecule has 0 atom stereocenters. The number of hydrogen-bond donors (Lipinski definition) is 3. The average Bonchev–Trinajstić information content (AvgIpc) is 2.46. The normalized spacial score (nSPS) is 9.95. The van der Waals surface area contributed by atoms with E-state index in [4.69, 9.17) is 0 Å². The summed E-state index contributed by atoms with van der Waals surface area (Å²) >= 11 is 0. The largest absolute Gasteiger partial charge is 0.355 e. The van der Waals surface area contributed by atoms with Crippen molar-refractivity contribution in [2.24, 2.45) is 0 Å². The van der Waals surface area contributed by atoms with Gasteiger partial charge in [-0.05, 0) is 17.7 Å². The maximum Gasteiger partial charge on any atom is 0.316 e. The molecule has 1 aromatic rings. The van der Waals surface area contributed by atoms with Crippen LogP contribution >= 0.6 is 0 Å². The number of benzene rings is 1. The van der Waals surface area contributed by atoms with E-state index in [1.807, 2.05) is 12.1 Å². The Morgan fingerprint density at radius 3 is 2.30 bits per heavy atom. The number of nitrogens with zero attached hydrogens (tertiary/aromatic N) is 1. The molecule has 0 radical (unpaired) electrons. The molecule has 0 aromatic heterocycles. The van der Waals surface area contributed by atoms with Crippen LogP contribution in [0.15, 0.2) is 24.3 Å². The average molecular weight is 278 g/mol. The molecule has 0 saturated heterocycles. The molecular weight excluding hydrogens is 256 g/mol. The molecule has 0 aliphatic rings. The quantitative estimate of drug-likeness (QED) is 0.660. The predicted octanol–water partition coefficient (Wildman–Crippen LogP) is 0.407. The van der Waals surface area contributed by atoms with Crippen molar-refractivity contribution in [1.82, 2.24) is 20.9 Å². The Labute approximate surface area is 119 Å². The Hall–Kier alpha value is -2.08. The molecule has 0 unspecified atom stereocenters. The summed E-state index contributed by atoms with van der Waals surface area (Å²) in [6.45, 7) is 1.97. The minimum atomic E-state index is -0.0956. The SMILES string of the molecule is CNC(=O)c1ccc(CNCCNC(=O)N(C)C)cc1. The smallest absolute Gasteiger partial charge is 0.316 e. The second kappa shape index (κ2) is 8.16. The zero-order chi connectivity index (χ0) is 15.0. The summed E-state index contributed by atoms with van der Waals surface area (Å²) in [4.78, 5) is 24.1. The van der Waals surface area contributed by atoms with Gasteiger partial charge in [-0.3, -0.25) is 4.79 Å². The fraction of sp³-hybridized carbons (Fsp3) is 0.429. The number of nitrogens with one attached hydrogen (secondary N) is 3. The number of carbonyl (C=O) groups is 2. The zero-order valence-corrected chi connectivity index (χ0v) is 12.2. The first kappa shape index (κ1) is 16.0. The Morgan fingerprint density at radius 1 is 1.10 bits per heavy atom. The van der Waals surface area contributed by atoms with Crippen molar-refractivity contribution in [2.45, 2.75) is 6.54 Å². The van der Waals surface area contributed by atoms with Gasteiger partial charge in [0, 0.05) is 46.3 Å². The van der Waals surface area contributed by atoms with Crippen LogP contribution in [0.25, 0.3) is 0 Å². The van der Waals surface area contributed by atoms with Gasteiger partial charge < -0.3 is 20.9 Å². The van der Waals surface area contributed by atoms with E-state index in [1.165, 1.54) is 4.90 Å². The van der Waals surface area contributed by atoms with Gasteiger partial charge in [0.25, 0.3) is 5.91 Å². The van der Waals surface area contributed by atoms with E-state index in [9.17, 15) is 9.59 Å². The van der Waals surface area contributed by atoms with Gasteiger partial charge in [-0.1, -0.05) is 12.1 Å². The second-order valence-corrected chi connectivity index (χ2v) is 4.58. The highest BCUT2D eigenvalue weighted by Crippen LogP contribution is 2.03. The van der Waals surface area contributed by atoms with Crippen molar-refractivity contribution >= 4 is 11.9 Å². The summed E-state index contributed by atoms with van der Waals surface area (Å²) < 4.78 is 0. The van der Waals surface area contributed by atoms with Crippen LogP contribution in [0.2, 0.25) is 0 Å². The summed E-state index contributed by atoms with van der Waals surface area (Å²) in [6.07, 6.45) is 0. The summed E-state index contributed by atoms with van der Waals surface area (Å²) in [5, 5.41) is 8.58. The summed E-state index contributed by atoms with van der Waals surface area (Å²) in [5.41, 5.74) is 1.74. The molecule has 0 saturated carbocycles. The van der Waals surface area contributed by atoms with E-state index in [1.54, 1.807) is 33.3 Å². The lowest BCUT2D eigenvalue weighted by Gasteiger charge is -2.12. The molecule has 0 aliphatic carbocycles. The highest BCUT2D eigenvalue weighted by molar-refractivity contribution is 5.93. The first-order valence-electron chi connectivity index (χ1n) is 6.51. The number of urea groups is 1. The van der Waals surface area contributed by atoms with Gasteiger partial charge in [-0.25, -0.2) is 4.79 Å². The molecule has 1 aromatic carbocycles. The summed E-state index contributed by atoms with van der Waals surface area (Å²) in [5.74, 6) is -0.0871. The fourth-order valence-corrected chi connectivity index (χ4v) is 1.57. The van der Waals surface area contributed by atoms with Crippen molar-refractivity contribution in [1.29, 1.82) is 0 Å². The van der Waals surface area contributed by atoms with Crippen LogP contribution < -0.4 is 16.0 Å². The monoisotopic (exact) mass is 278 g/mol. The minimum Gasteiger partial charge on any atom is -0.355 e. The maximum atomic E-state index is 11.4. The van der Waals surface area contributed by atoms with Crippen LogP contribution in [-0.4, -0.2) is 51.1 Å². The molecule has 1 rings (SSSR count). The molecular formula is C14H22N4O2. The third-order valence-electron chi connectivity index (χ3n) is 2.76. The van der Waals surface area contributed by atoms with Gasteiger partial charge in [0.2, 0.25) is 0 Å². The molecule has 3 amide bonds.